The summed E-state index contributed by atoms with van der Waals surface area (Å²) in [4.78, 5) is 12.3. The van der Waals surface area contributed by atoms with Gasteiger partial charge >= 0.3 is 0 Å². The van der Waals surface area contributed by atoms with Crippen molar-refractivity contribution in [3.05, 3.63) is 51.8 Å². The summed E-state index contributed by atoms with van der Waals surface area (Å²) in [5.74, 6) is 0. The SMILES string of the molecule is CN(Cc1cnn(C)c1)c1ccc([N+](=O)[O-])c(CO)c1. The summed E-state index contributed by atoms with van der Waals surface area (Å²) in [6.07, 6.45) is 3.68. The van der Waals surface area contributed by atoms with E-state index in [1.807, 2.05) is 25.2 Å². The van der Waals surface area contributed by atoms with Gasteiger partial charge in [-0.1, -0.05) is 0 Å². The molecule has 0 unspecified atom stereocenters. The zero-order valence-corrected chi connectivity index (χ0v) is 11.4. The fourth-order valence-electron chi connectivity index (χ4n) is 2.03. The Hall–Kier alpha value is -2.41. The Morgan fingerprint density at radius 2 is 2.25 bits per heavy atom. The van der Waals surface area contributed by atoms with Gasteiger partial charge in [0, 0.05) is 44.2 Å². The number of benzene rings is 1. The molecule has 20 heavy (non-hydrogen) atoms. The number of nitro groups is 1. The zero-order valence-electron chi connectivity index (χ0n) is 11.4. The van der Waals surface area contributed by atoms with E-state index in [2.05, 4.69) is 5.10 Å². The quantitative estimate of drug-likeness (QED) is 0.660. The molecule has 1 N–H and O–H groups in total. The number of aryl methyl sites for hydroxylation is 1. The zero-order chi connectivity index (χ0) is 14.7. The van der Waals surface area contributed by atoms with Crippen LogP contribution in [-0.4, -0.2) is 26.9 Å². The number of anilines is 1. The van der Waals surface area contributed by atoms with Gasteiger partial charge in [-0.05, 0) is 12.1 Å². The number of aromatic nitrogens is 2. The van der Waals surface area contributed by atoms with E-state index >= 15 is 0 Å². The molecule has 2 rings (SSSR count). The molecule has 0 aliphatic rings. The van der Waals surface area contributed by atoms with Gasteiger partial charge in [-0.15, -0.1) is 0 Å². The van der Waals surface area contributed by atoms with Crippen LogP contribution in [0.3, 0.4) is 0 Å². The van der Waals surface area contributed by atoms with E-state index in [0.29, 0.717) is 12.1 Å². The molecule has 0 aliphatic heterocycles. The maximum Gasteiger partial charge on any atom is 0.275 e. The lowest BCUT2D eigenvalue weighted by molar-refractivity contribution is -0.385. The minimum atomic E-state index is -0.490. The molecule has 7 heteroatoms. The Balaban J connectivity index is 2.21. The third-order valence-electron chi connectivity index (χ3n) is 3.05. The lowest BCUT2D eigenvalue weighted by Gasteiger charge is -2.19. The molecular formula is C13H16N4O3. The van der Waals surface area contributed by atoms with Crippen molar-refractivity contribution in [1.29, 1.82) is 0 Å². The van der Waals surface area contributed by atoms with Crippen molar-refractivity contribution in [2.45, 2.75) is 13.2 Å². The highest BCUT2D eigenvalue weighted by Crippen LogP contribution is 2.25. The van der Waals surface area contributed by atoms with E-state index in [1.165, 1.54) is 6.07 Å². The van der Waals surface area contributed by atoms with Crippen LogP contribution < -0.4 is 4.90 Å². The summed E-state index contributed by atoms with van der Waals surface area (Å²) >= 11 is 0. The van der Waals surface area contributed by atoms with E-state index < -0.39 is 4.92 Å². The number of nitro benzene ring substituents is 1. The van der Waals surface area contributed by atoms with Crippen molar-refractivity contribution < 1.29 is 10.0 Å². The number of aliphatic hydroxyl groups excluding tert-OH is 1. The Kier molecular flexibility index (Phi) is 3.99. The number of aliphatic hydroxyl groups is 1. The Morgan fingerprint density at radius 1 is 1.50 bits per heavy atom. The standard InChI is InChI=1S/C13H16N4O3/c1-15(7-10-6-14-16(2)8-10)12-3-4-13(17(19)20)11(5-12)9-18/h3-6,8,18H,7,9H2,1-2H3. The average Bonchev–Trinajstić information content (AvgIpc) is 2.83. The first kappa shape index (κ1) is 14.0. The summed E-state index contributed by atoms with van der Waals surface area (Å²) in [6.45, 7) is 0.279. The first-order valence-electron chi connectivity index (χ1n) is 6.08. The molecule has 106 valence electrons. The number of hydrogen-bond acceptors (Lipinski definition) is 5. The number of rotatable bonds is 5. The van der Waals surface area contributed by atoms with Crippen LogP contribution in [0.5, 0.6) is 0 Å². The van der Waals surface area contributed by atoms with Crippen molar-refractivity contribution in [3.8, 4) is 0 Å². The second-order valence-corrected chi connectivity index (χ2v) is 4.61. The summed E-state index contributed by atoms with van der Waals surface area (Å²) in [7, 11) is 3.73. The molecule has 2 aromatic rings. The molecule has 1 heterocycles. The van der Waals surface area contributed by atoms with Gasteiger partial charge in [0.05, 0.1) is 23.3 Å². The molecule has 1 aromatic carbocycles. The first-order chi connectivity index (χ1) is 9.51. The normalized spacial score (nSPS) is 10.6. The van der Waals surface area contributed by atoms with Crippen LogP contribution >= 0.6 is 0 Å². The smallest absolute Gasteiger partial charge is 0.275 e. The molecule has 7 nitrogen and oxygen atoms in total. The summed E-state index contributed by atoms with van der Waals surface area (Å²) in [5.41, 5.74) is 2.10. The molecule has 0 aliphatic carbocycles. The molecule has 1 aromatic heterocycles. The summed E-state index contributed by atoms with van der Waals surface area (Å²) in [6, 6.07) is 4.72. The van der Waals surface area contributed by atoms with Crippen LogP contribution in [0.15, 0.2) is 30.6 Å². The topological polar surface area (TPSA) is 84.4 Å². The lowest BCUT2D eigenvalue weighted by Crippen LogP contribution is -2.16. The fraction of sp³-hybridized carbons (Fsp3) is 0.308. The van der Waals surface area contributed by atoms with Gasteiger partial charge < -0.3 is 10.0 Å². The van der Waals surface area contributed by atoms with Crippen molar-refractivity contribution >= 4 is 11.4 Å². The molecule has 0 radical (unpaired) electrons. The van der Waals surface area contributed by atoms with Crippen LogP contribution in [0.25, 0.3) is 0 Å². The predicted molar refractivity (Wildman–Crippen MR) is 74.3 cm³/mol. The Morgan fingerprint density at radius 3 is 2.80 bits per heavy atom. The minimum absolute atomic E-state index is 0.0639. The van der Waals surface area contributed by atoms with Gasteiger partial charge in [0.25, 0.3) is 5.69 Å². The average molecular weight is 276 g/mol. The summed E-state index contributed by atoms with van der Waals surface area (Å²) in [5, 5.41) is 24.2. The maximum atomic E-state index is 10.8. The van der Waals surface area contributed by atoms with Gasteiger partial charge in [-0.3, -0.25) is 14.8 Å². The van der Waals surface area contributed by atoms with Gasteiger partial charge in [-0.25, -0.2) is 0 Å². The summed E-state index contributed by atoms with van der Waals surface area (Å²) < 4.78 is 1.72. The van der Waals surface area contributed by atoms with Crippen molar-refractivity contribution in [1.82, 2.24) is 9.78 Å². The number of hydrogen-bond donors (Lipinski definition) is 1. The monoisotopic (exact) mass is 276 g/mol. The second kappa shape index (κ2) is 5.70. The molecule has 0 bridgehead atoms. The molecular weight excluding hydrogens is 260 g/mol. The van der Waals surface area contributed by atoms with E-state index in [0.717, 1.165) is 11.3 Å². The third-order valence-corrected chi connectivity index (χ3v) is 3.05. The molecule has 0 amide bonds. The van der Waals surface area contributed by atoms with Gasteiger partial charge in [0.15, 0.2) is 0 Å². The van der Waals surface area contributed by atoms with Crippen molar-refractivity contribution in [3.63, 3.8) is 0 Å². The van der Waals surface area contributed by atoms with Gasteiger partial charge in [-0.2, -0.15) is 5.10 Å². The molecule has 0 saturated heterocycles. The minimum Gasteiger partial charge on any atom is -0.391 e. The van der Waals surface area contributed by atoms with Crippen LogP contribution in [0.4, 0.5) is 11.4 Å². The highest BCUT2D eigenvalue weighted by Gasteiger charge is 2.14. The van der Waals surface area contributed by atoms with E-state index in [9.17, 15) is 15.2 Å². The van der Waals surface area contributed by atoms with Crippen LogP contribution in [0.2, 0.25) is 0 Å². The highest BCUT2D eigenvalue weighted by molar-refractivity contribution is 5.55. The first-order valence-corrected chi connectivity index (χ1v) is 6.08. The maximum absolute atomic E-state index is 10.8. The van der Waals surface area contributed by atoms with E-state index in [1.54, 1.807) is 23.0 Å². The van der Waals surface area contributed by atoms with Crippen LogP contribution in [0, 0.1) is 10.1 Å². The van der Waals surface area contributed by atoms with Crippen LogP contribution in [-0.2, 0) is 20.2 Å². The van der Waals surface area contributed by atoms with Gasteiger partial charge in [0.2, 0.25) is 0 Å². The van der Waals surface area contributed by atoms with Crippen LogP contribution in [0.1, 0.15) is 11.1 Å². The van der Waals surface area contributed by atoms with E-state index in [-0.39, 0.29) is 12.3 Å². The Labute approximate surface area is 116 Å². The fourth-order valence-corrected chi connectivity index (χ4v) is 2.03. The second-order valence-electron chi connectivity index (χ2n) is 4.61. The lowest BCUT2D eigenvalue weighted by atomic mass is 10.1. The highest BCUT2D eigenvalue weighted by atomic mass is 16.6. The largest absolute Gasteiger partial charge is 0.391 e. The van der Waals surface area contributed by atoms with Crippen molar-refractivity contribution in [2.24, 2.45) is 7.05 Å². The van der Waals surface area contributed by atoms with Crippen molar-refractivity contribution in [2.75, 3.05) is 11.9 Å². The van der Waals surface area contributed by atoms with Gasteiger partial charge in [0.1, 0.15) is 0 Å². The van der Waals surface area contributed by atoms with E-state index in [4.69, 9.17) is 0 Å². The number of nitrogens with zero attached hydrogens (tertiary/aromatic N) is 4. The molecule has 0 saturated carbocycles. The molecule has 0 atom stereocenters. The molecule has 0 fully saturated rings. The molecule has 0 spiro atoms. The predicted octanol–water partition coefficient (Wildman–Crippen LogP) is 1.46. The Bertz CT molecular complexity index is 624. The third kappa shape index (κ3) is 2.94.